The zero-order chi connectivity index (χ0) is 12.7. The monoisotopic (exact) mass is 239 g/mol. The molecule has 0 aliphatic heterocycles. The second-order valence-electron chi connectivity index (χ2n) is 3.80. The summed E-state index contributed by atoms with van der Waals surface area (Å²) in [4.78, 5) is 0. The van der Waals surface area contributed by atoms with E-state index >= 15 is 0 Å². The predicted octanol–water partition coefficient (Wildman–Crippen LogP) is 1.62. The van der Waals surface area contributed by atoms with Crippen LogP contribution in [0.25, 0.3) is 0 Å². The second-order valence-corrected chi connectivity index (χ2v) is 3.80. The lowest BCUT2D eigenvalue weighted by Gasteiger charge is -2.13. The fourth-order valence-electron chi connectivity index (χ4n) is 1.43. The van der Waals surface area contributed by atoms with E-state index in [-0.39, 0.29) is 18.5 Å². The number of ether oxygens (including phenoxy) is 1. The summed E-state index contributed by atoms with van der Waals surface area (Å²) in [6.07, 6.45) is 0. The van der Waals surface area contributed by atoms with Gasteiger partial charge in [-0.15, -0.1) is 0 Å². The van der Waals surface area contributed by atoms with Gasteiger partial charge in [0, 0.05) is 6.54 Å². The molecule has 0 aliphatic carbocycles. The highest BCUT2D eigenvalue weighted by atomic mass is 19.1. The third-order valence-corrected chi connectivity index (χ3v) is 2.39. The molecular weight excluding hydrogens is 221 g/mol. The van der Waals surface area contributed by atoms with E-state index in [1.54, 1.807) is 0 Å². The topological polar surface area (TPSA) is 71.1 Å². The molecule has 4 N–H and O–H groups in total. The van der Waals surface area contributed by atoms with Gasteiger partial charge in [-0.2, -0.15) is 0 Å². The van der Waals surface area contributed by atoms with E-state index in [4.69, 9.17) is 15.9 Å². The molecule has 0 spiro atoms. The first-order valence-electron chi connectivity index (χ1n) is 5.50. The van der Waals surface area contributed by atoms with Gasteiger partial charge in [0.1, 0.15) is 19.0 Å². The van der Waals surface area contributed by atoms with E-state index in [1.807, 2.05) is 31.2 Å². The number of nitrogens with one attached hydrogen (secondary N) is 2. The van der Waals surface area contributed by atoms with Crippen LogP contribution in [0.2, 0.25) is 0 Å². The molecule has 17 heavy (non-hydrogen) atoms. The first-order chi connectivity index (χ1) is 8.13. The highest BCUT2D eigenvalue weighted by molar-refractivity contribution is 5.74. The van der Waals surface area contributed by atoms with Crippen LogP contribution in [0.3, 0.4) is 0 Å². The van der Waals surface area contributed by atoms with Crippen LogP contribution in [-0.4, -0.2) is 25.8 Å². The minimum absolute atomic E-state index is 0.0280. The number of nitrogens with two attached hydrogens (primary N) is 1. The summed E-state index contributed by atoms with van der Waals surface area (Å²) in [6.45, 7) is 2.24. The van der Waals surface area contributed by atoms with Crippen LogP contribution < -0.4 is 15.8 Å². The van der Waals surface area contributed by atoms with Crippen molar-refractivity contribution in [1.29, 1.82) is 5.41 Å². The average Bonchev–Trinajstić information content (AvgIpc) is 2.34. The van der Waals surface area contributed by atoms with E-state index in [2.05, 4.69) is 5.32 Å². The van der Waals surface area contributed by atoms with Crippen LogP contribution in [0.1, 0.15) is 18.4 Å². The SMILES string of the molecule is CC(CNC(=N)N)c1ccc(OCCF)cc1. The smallest absolute Gasteiger partial charge is 0.185 e. The minimum atomic E-state index is -0.485. The van der Waals surface area contributed by atoms with Gasteiger partial charge in [0.15, 0.2) is 5.96 Å². The van der Waals surface area contributed by atoms with E-state index in [0.29, 0.717) is 12.3 Å². The number of benzene rings is 1. The van der Waals surface area contributed by atoms with Gasteiger partial charge < -0.3 is 15.8 Å². The molecule has 1 unspecified atom stereocenters. The Bertz CT molecular complexity index is 353. The van der Waals surface area contributed by atoms with Crippen molar-refractivity contribution >= 4 is 5.96 Å². The van der Waals surface area contributed by atoms with Crippen molar-refractivity contribution in [2.75, 3.05) is 19.8 Å². The normalized spacial score (nSPS) is 11.9. The van der Waals surface area contributed by atoms with Crippen LogP contribution in [0.5, 0.6) is 5.75 Å². The lowest BCUT2D eigenvalue weighted by molar-refractivity contribution is 0.273. The summed E-state index contributed by atoms with van der Waals surface area (Å²) in [5.74, 6) is 0.881. The summed E-state index contributed by atoms with van der Waals surface area (Å²) in [5.41, 5.74) is 6.33. The molecule has 4 nitrogen and oxygen atoms in total. The maximum atomic E-state index is 11.9. The Labute approximate surface area is 100 Å². The molecular formula is C12H18FN3O. The summed E-state index contributed by atoms with van der Waals surface area (Å²) in [6, 6.07) is 7.49. The third kappa shape index (κ3) is 4.72. The fourth-order valence-corrected chi connectivity index (χ4v) is 1.43. The standard InChI is InChI=1S/C12H18FN3O/c1-9(8-16-12(14)15)10-2-4-11(5-3-10)17-7-6-13/h2-5,9H,6-8H2,1H3,(H4,14,15,16). The molecule has 1 aromatic rings. The Kier molecular flexibility index (Phi) is 5.26. The van der Waals surface area contributed by atoms with Crippen LogP contribution in [0, 0.1) is 5.41 Å². The molecule has 0 radical (unpaired) electrons. The van der Waals surface area contributed by atoms with Crippen LogP contribution in [-0.2, 0) is 0 Å². The van der Waals surface area contributed by atoms with Crippen LogP contribution in [0.4, 0.5) is 4.39 Å². The maximum absolute atomic E-state index is 11.9. The Morgan fingerprint density at radius 3 is 2.65 bits per heavy atom. The molecule has 0 heterocycles. The molecule has 1 aromatic carbocycles. The third-order valence-electron chi connectivity index (χ3n) is 2.39. The molecule has 0 fully saturated rings. The molecule has 1 rings (SSSR count). The lowest BCUT2D eigenvalue weighted by atomic mass is 10.0. The van der Waals surface area contributed by atoms with Gasteiger partial charge in [-0.05, 0) is 23.6 Å². The molecule has 0 bridgehead atoms. The number of hydrogen-bond acceptors (Lipinski definition) is 2. The highest BCUT2D eigenvalue weighted by Crippen LogP contribution is 2.18. The quantitative estimate of drug-likeness (QED) is 0.522. The van der Waals surface area contributed by atoms with Gasteiger partial charge in [0.25, 0.3) is 0 Å². The summed E-state index contributed by atoms with van der Waals surface area (Å²) in [5, 5.41) is 9.84. The van der Waals surface area contributed by atoms with Crippen LogP contribution >= 0.6 is 0 Å². The first kappa shape index (κ1) is 13.3. The highest BCUT2D eigenvalue weighted by Gasteiger charge is 2.05. The van der Waals surface area contributed by atoms with Gasteiger partial charge in [-0.25, -0.2) is 4.39 Å². The molecule has 0 saturated carbocycles. The second kappa shape index (κ2) is 6.73. The van der Waals surface area contributed by atoms with Gasteiger partial charge in [0.05, 0.1) is 0 Å². The van der Waals surface area contributed by atoms with Crippen molar-refractivity contribution in [3.63, 3.8) is 0 Å². The Hall–Kier alpha value is -1.78. The number of guanidine groups is 1. The summed E-state index contributed by atoms with van der Waals surface area (Å²) < 4.78 is 17.0. The van der Waals surface area contributed by atoms with Gasteiger partial charge in [0.2, 0.25) is 0 Å². The molecule has 0 saturated heterocycles. The number of alkyl halides is 1. The first-order valence-corrected chi connectivity index (χ1v) is 5.50. The number of halogens is 1. The predicted molar refractivity (Wildman–Crippen MR) is 66.2 cm³/mol. The van der Waals surface area contributed by atoms with E-state index < -0.39 is 6.67 Å². The molecule has 0 amide bonds. The summed E-state index contributed by atoms with van der Waals surface area (Å²) in [7, 11) is 0. The van der Waals surface area contributed by atoms with Crippen LogP contribution in [0.15, 0.2) is 24.3 Å². The van der Waals surface area contributed by atoms with Gasteiger partial charge in [-0.1, -0.05) is 19.1 Å². The number of rotatable bonds is 6. The van der Waals surface area contributed by atoms with E-state index in [0.717, 1.165) is 5.56 Å². The van der Waals surface area contributed by atoms with Crippen molar-refractivity contribution in [1.82, 2.24) is 5.32 Å². The van der Waals surface area contributed by atoms with Crippen molar-refractivity contribution in [2.45, 2.75) is 12.8 Å². The molecule has 1 atom stereocenters. The Balaban J connectivity index is 2.51. The van der Waals surface area contributed by atoms with Gasteiger partial charge in [-0.3, -0.25) is 5.41 Å². The zero-order valence-corrected chi connectivity index (χ0v) is 9.87. The fraction of sp³-hybridized carbons (Fsp3) is 0.417. The molecule has 0 aliphatic rings. The zero-order valence-electron chi connectivity index (χ0n) is 9.87. The number of hydrogen-bond donors (Lipinski definition) is 3. The van der Waals surface area contributed by atoms with Crippen molar-refractivity contribution in [2.24, 2.45) is 5.73 Å². The largest absolute Gasteiger partial charge is 0.491 e. The average molecular weight is 239 g/mol. The lowest BCUT2D eigenvalue weighted by Crippen LogP contribution is -2.33. The van der Waals surface area contributed by atoms with Crippen molar-refractivity contribution < 1.29 is 9.13 Å². The van der Waals surface area contributed by atoms with Crippen molar-refractivity contribution in [3.8, 4) is 5.75 Å². The van der Waals surface area contributed by atoms with Gasteiger partial charge >= 0.3 is 0 Å². The minimum Gasteiger partial charge on any atom is -0.491 e. The maximum Gasteiger partial charge on any atom is 0.185 e. The molecule has 94 valence electrons. The van der Waals surface area contributed by atoms with E-state index in [1.165, 1.54) is 0 Å². The summed E-state index contributed by atoms with van der Waals surface area (Å²) >= 11 is 0. The Morgan fingerprint density at radius 2 is 2.12 bits per heavy atom. The Morgan fingerprint density at radius 1 is 1.47 bits per heavy atom. The van der Waals surface area contributed by atoms with Crippen molar-refractivity contribution in [3.05, 3.63) is 29.8 Å². The molecule has 5 heteroatoms. The van der Waals surface area contributed by atoms with E-state index in [9.17, 15) is 4.39 Å². The molecule has 0 aromatic heterocycles.